The Bertz CT molecular complexity index is 1270. The van der Waals surface area contributed by atoms with Crippen LogP contribution in [0.25, 0.3) is 0 Å². The van der Waals surface area contributed by atoms with E-state index in [-0.39, 0.29) is 29.4 Å². The predicted octanol–water partition coefficient (Wildman–Crippen LogP) is 4.30. The standard InChI is InChI=1S/C23H20N4O6/c1-14-10-17(6-8-20(14)26(30)31)22(28)24-13-16-4-3-5-19(12-16)25-23(29)18-7-9-21(27(32)33)15(2)11-18/h3-12H,13H2,1-2H3,(H,24,28)(H,25,29). The number of nitro groups is 2. The van der Waals surface area contributed by atoms with Crippen molar-refractivity contribution in [3.05, 3.63) is 109 Å². The number of anilines is 1. The molecule has 3 rings (SSSR count). The Morgan fingerprint density at radius 2 is 1.33 bits per heavy atom. The van der Waals surface area contributed by atoms with Crippen molar-refractivity contribution in [3.63, 3.8) is 0 Å². The van der Waals surface area contributed by atoms with Gasteiger partial charge in [-0.05, 0) is 55.8 Å². The number of carbonyl (C=O) groups is 2. The lowest BCUT2D eigenvalue weighted by molar-refractivity contribution is -0.385. The molecule has 0 saturated heterocycles. The Morgan fingerprint density at radius 3 is 1.85 bits per heavy atom. The van der Waals surface area contributed by atoms with Crippen LogP contribution in [0.3, 0.4) is 0 Å². The van der Waals surface area contributed by atoms with Crippen LogP contribution in [0.15, 0.2) is 60.7 Å². The molecule has 3 aromatic carbocycles. The zero-order valence-corrected chi connectivity index (χ0v) is 17.8. The summed E-state index contributed by atoms with van der Waals surface area (Å²) in [6.07, 6.45) is 0. The van der Waals surface area contributed by atoms with Gasteiger partial charge in [-0.2, -0.15) is 0 Å². The number of aryl methyl sites for hydroxylation is 2. The minimum Gasteiger partial charge on any atom is -0.348 e. The van der Waals surface area contributed by atoms with Gasteiger partial charge in [-0.3, -0.25) is 29.8 Å². The zero-order chi connectivity index (χ0) is 24.1. The molecule has 0 aliphatic carbocycles. The lowest BCUT2D eigenvalue weighted by Gasteiger charge is -2.10. The molecule has 2 amide bonds. The molecule has 10 heteroatoms. The molecule has 0 spiro atoms. The Kier molecular flexibility index (Phi) is 6.77. The molecule has 0 radical (unpaired) electrons. The summed E-state index contributed by atoms with van der Waals surface area (Å²) in [7, 11) is 0. The first kappa shape index (κ1) is 23.1. The molecule has 0 saturated carbocycles. The third kappa shape index (κ3) is 5.56. The maximum Gasteiger partial charge on any atom is 0.272 e. The van der Waals surface area contributed by atoms with Gasteiger partial charge in [0.2, 0.25) is 0 Å². The van der Waals surface area contributed by atoms with Gasteiger partial charge < -0.3 is 10.6 Å². The van der Waals surface area contributed by atoms with Gasteiger partial charge in [0.1, 0.15) is 0 Å². The van der Waals surface area contributed by atoms with Gasteiger partial charge in [-0.25, -0.2) is 0 Å². The van der Waals surface area contributed by atoms with Crippen LogP contribution >= 0.6 is 0 Å². The summed E-state index contributed by atoms with van der Waals surface area (Å²) in [4.78, 5) is 45.8. The van der Waals surface area contributed by atoms with Crippen molar-refractivity contribution in [1.29, 1.82) is 0 Å². The topological polar surface area (TPSA) is 144 Å². The number of nitro benzene ring substituents is 2. The maximum absolute atomic E-state index is 12.5. The van der Waals surface area contributed by atoms with Gasteiger partial charge in [0.15, 0.2) is 0 Å². The van der Waals surface area contributed by atoms with Crippen molar-refractivity contribution in [3.8, 4) is 0 Å². The maximum atomic E-state index is 12.5. The molecule has 0 aliphatic heterocycles. The van der Waals surface area contributed by atoms with E-state index in [1.807, 2.05) is 0 Å². The predicted molar refractivity (Wildman–Crippen MR) is 121 cm³/mol. The van der Waals surface area contributed by atoms with Gasteiger partial charge >= 0.3 is 0 Å². The SMILES string of the molecule is Cc1cc(C(=O)NCc2cccc(NC(=O)c3ccc([N+](=O)[O-])c(C)c3)c2)ccc1[N+](=O)[O-]. The third-order valence-electron chi connectivity index (χ3n) is 4.95. The number of rotatable bonds is 7. The average Bonchev–Trinajstić information content (AvgIpc) is 2.77. The number of amides is 2. The zero-order valence-electron chi connectivity index (χ0n) is 17.8. The second-order valence-electron chi connectivity index (χ2n) is 7.35. The summed E-state index contributed by atoms with van der Waals surface area (Å²) in [6.45, 7) is 3.30. The fourth-order valence-corrected chi connectivity index (χ4v) is 3.25. The number of hydrogen-bond acceptors (Lipinski definition) is 6. The lowest BCUT2D eigenvalue weighted by atomic mass is 10.1. The molecule has 0 aliphatic rings. The van der Waals surface area contributed by atoms with E-state index in [2.05, 4.69) is 10.6 Å². The number of nitrogens with zero attached hydrogens (tertiary/aromatic N) is 2. The molecule has 0 heterocycles. The Morgan fingerprint density at radius 1 is 0.788 bits per heavy atom. The largest absolute Gasteiger partial charge is 0.348 e. The first-order chi connectivity index (χ1) is 15.7. The third-order valence-corrected chi connectivity index (χ3v) is 4.95. The Labute approximate surface area is 188 Å². The average molecular weight is 448 g/mol. The normalized spacial score (nSPS) is 10.4. The highest BCUT2D eigenvalue weighted by Crippen LogP contribution is 2.21. The van der Waals surface area contributed by atoms with Crippen molar-refractivity contribution in [1.82, 2.24) is 5.32 Å². The number of benzene rings is 3. The fraction of sp³-hybridized carbons (Fsp3) is 0.130. The molecular weight excluding hydrogens is 428 g/mol. The van der Waals surface area contributed by atoms with Crippen LogP contribution in [0.2, 0.25) is 0 Å². The van der Waals surface area contributed by atoms with E-state index < -0.39 is 15.8 Å². The molecule has 10 nitrogen and oxygen atoms in total. The molecule has 0 aromatic heterocycles. The minimum absolute atomic E-state index is 0.0572. The van der Waals surface area contributed by atoms with Crippen molar-refractivity contribution in [2.24, 2.45) is 0 Å². The second kappa shape index (κ2) is 9.69. The highest BCUT2D eigenvalue weighted by molar-refractivity contribution is 6.04. The van der Waals surface area contributed by atoms with E-state index in [1.54, 1.807) is 38.1 Å². The van der Waals surface area contributed by atoms with E-state index in [0.29, 0.717) is 22.4 Å². The van der Waals surface area contributed by atoms with Crippen LogP contribution in [0.1, 0.15) is 37.4 Å². The van der Waals surface area contributed by atoms with E-state index in [0.717, 1.165) is 5.56 Å². The van der Waals surface area contributed by atoms with Crippen LogP contribution in [-0.2, 0) is 6.54 Å². The van der Waals surface area contributed by atoms with Gasteiger partial charge in [0.05, 0.1) is 9.85 Å². The van der Waals surface area contributed by atoms with Gasteiger partial charge in [-0.15, -0.1) is 0 Å². The molecule has 2 N–H and O–H groups in total. The van der Waals surface area contributed by atoms with Crippen molar-refractivity contribution >= 4 is 28.9 Å². The number of nitrogens with one attached hydrogen (secondary N) is 2. The first-order valence-corrected chi connectivity index (χ1v) is 9.84. The van der Waals surface area contributed by atoms with Crippen molar-refractivity contribution in [2.75, 3.05) is 5.32 Å². The van der Waals surface area contributed by atoms with E-state index in [9.17, 15) is 29.8 Å². The second-order valence-corrected chi connectivity index (χ2v) is 7.35. The van der Waals surface area contributed by atoms with Crippen LogP contribution in [-0.4, -0.2) is 21.7 Å². The van der Waals surface area contributed by atoms with Gasteiger partial charge in [-0.1, -0.05) is 12.1 Å². The van der Waals surface area contributed by atoms with E-state index in [1.165, 1.54) is 36.4 Å². The fourth-order valence-electron chi connectivity index (χ4n) is 3.25. The van der Waals surface area contributed by atoms with Crippen LogP contribution in [0, 0.1) is 34.1 Å². The number of carbonyl (C=O) groups excluding carboxylic acids is 2. The van der Waals surface area contributed by atoms with E-state index >= 15 is 0 Å². The van der Waals surface area contributed by atoms with Gasteiger partial charge in [0, 0.05) is 46.6 Å². The lowest BCUT2D eigenvalue weighted by Crippen LogP contribution is -2.23. The summed E-state index contributed by atoms with van der Waals surface area (Å²) < 4.78 is 0. The Hall–Kier alpha value is -4.60. The molecule has 0 fully saturated rings. The highest BCUT2D eigenvalue weighted by atomic mass is 16.6. The van der Waals surface area contributed by atoms with E-state index in [4.69, 9.17) is 0 Å². The molecule has 0 unspecified atom stereocenters. The molecule has 168 valence electrons. The van der Waals surface area contributed by atoms with Crippen molar-refractivity contribution < 1.29 is 19.4 Å². The van der Waals surface area contributed by atoms with Crippen LogP contribution in [0.5, 0.6) is 0 Å². The van der Waals surface area contributed by atoms with Gasteiger partial charge in [0.25, 0.3) is 23.2 Å². The summed E-state index contributed by atoms with van der Waals surface area (Å²) in [5.74, 6) is -0.806. The molecule has 3 aromatic rings. The summed E-state index contributed by atoms with van der Waals surface area (Å²) in [5, 5.41) is 27.3. The highest BCUT2D eigenvalue weighted by Gasteiger charge is 2.15. The smallest absolute Gasteiger partial charge is 0.272 e. The van der Waals surface area contributed by atoms with Crippen LogP contribution in [0.4, 0.5) is 17.1 Å². The summed E-state index contributed by atoms with van der Waals surface area (Å²) in [5.41, 5.74) is 2.45. The molecule has 33 heavy (non-hydrogen) atoms. The van der Waals surface area contributed by atoms with Crippen molar-refractivity contribution in [2.45, 2.75) is 20.4 Å². The number of hydrogen-bond donors (Lipinski definition) is 2. The monoisotopic (exact) mass is 448 g/mol. The molecule has 0 atom stereocenters. The minimum atomic E-state index is -0.507. The summed E-state index contributed by atoms with van der Waals surface area (Å²) in [6, 6.07) is 15.1. The quantitative estimate of drug-likeness (QED) is 0.407. The molecule has 0 bridgehead atoms. The molecular formula is C23H20N4O6. The Balaban J connectivity index is 1.65. The van der Waals surface area contributed by atoms with Crippen LogP contribution < -0.4 is 10.6 Å². The first-order valence-electron chi connectivity index (χ1n) is 9.84. The summed E-state index contributed by atoms with van der Waals surface area (Å²) >= 11 is 0.